The first kappa shape index (κ1) is 17.4. The number of esters is 1. The van der Waals surface area contributed by atoms with Crippen molar-refractivity contribution in [2.24, 2.45) is 11.8 Å². The van der Waals surface area contributed by atoms with Crippen LogP contribution in [-0.2, 0) is 14.3 Å². The lowest BCUT2D eigenvalue weighted by Gasteiger charge is -2.17. The van der Waals surface area contributed by atoms with Gasteiger partial charge < -0.3 is 4.74 Å². The van der Waals surface area contributed by atoms with Crippen LogP contribution in [0.15, 0.2) is 54.6 Å². The number of carbonyl (C=O) groups is 2. The van der Waals surface area contributed by atoms with Crippen LogP contribution in [0.3, 0.4) is 0 Å². The third-order valence-electron chi connectivity index (χ3n) is 5.19. The molecule has 1 aliphatic carbocycles. The van der Waals surface area contributed by atoms with Crippen LogP contribution in [-0.4, -0.2) is 18.9 Å². The van der Waals surface area contributed by atoms with Crippen LogP contribution in [0.2, 0.25) is 0 Å². The summed E-state index contributed by atoms with van der Waals surface area (Å²) in [7, 11) is 1.36. The predicted octanol–water partition coefficient (Wildman–Crippen LogP) is 4.62. The average molecular weight is 336 g/mol. The van der Waals surface area contributed by atoms with Crippen molar-refractivity contribution in [2.75, 3.05) is 7.11 Å². The molecule has 3 atom stereocenters. The van der Waals surface area contributed by atoms with Gasteiger partial charge >= 0.3 is 5.97 Å². The Morgan fingerprint density at radius 2 is 1.68 bits per heavy atom. The van der Waals surface area contributed by atoms with Gasteiger partial charge in [-0.15, -0.1) is 0 Å². The van der Waals surface area contributed by atoms with Crippen LogP contribution >= 0.6 is 0 Å². The second kappa shape index (κ2) is 7.64. The first-order chi connectivity index (χ1) is 12.2. The quantitative estimate of drug-likeness (QED) is 0.591. The first-order valence-electron chi connectivity index (χ1n) is 8.92. The van der Waals surface area contributed by atoms with Gasteiger partial charge in [-0.25, -0.2) is 0 Å². The number of ketones is 1. The summed E-state index contributed by atoms with van der Waals surface area (Å²) in [5.74, 6) is -1.13. The molecule has 0 spiro atoms. The van der Waals surface area contributed by atoms with Crippen molar-refractivity contribution >= 4 is 11.8 Å². The second-order valence-corrected chi connectivity index (χ2v) is 6.72. The fraction of sp³-hybridized carbons (Fsp3) is 0.364. The Morgan fingerprint density at radius 3 is 2.28 bits per heavy atom. The van der Waals surface area contributed by atoms with Gasteiger partial charge in [-0.3, -0.25) is 9.59 Å². The number of ether oxygens (including phenoxy) is 1. The van der Waals surface area contributed by atoms with Gasteiger partial charge in [-0.2, -0.15) is 0 Å². The molecule has 0 aromatic heterocycles. The van der Waals surface area contributed by atoms with E-state index in [9.17, 15) is 9.59 Å². The molecule has 2 aromatic rings. The van der Waals surface area contributed by atoms with Gasteiger partial charge in [0, 0.05) is 11.8 Å². The van der Waals surface area contributed by atoms with Crippen LogP contribution in [0.4, 0.5) is 0 Å². The summed E-state index contributed by atoms with van der Waals surface area (Å²) in [6, 6.07) is 18.4. The molecule has 0 aliphatic heterocycles. The highest BCUT2D eigenvalue weighted by Crippen LogP contribution is 2.43. The SMILES string of the molecule is CCCC1CC(c2ccc(-c3ccccc3)cc2)C(C(=O)OC)C1=O. The molecule has 3 heteroatoms. The van der Waals surface area contributed by atoms with E-state index >= 15 is 0 Å². The molecule has 0 radical (unpaired) electrons. The maximum atomic E-state index is 12.7. The molecule has 130 valence electrons. The highest BCUT2D eigenvalue weighted by Gasteiger charge is 2.46. The van der Waals surface area contributed by atoms with Crippen molar-refractivity contribution < 1.29 is 14.3 Å². The monoisotopic (exact) mass is 336 g/mol. The van der Waals surface area contributed by atoms with E-state index in [-0.39, 0.29) is 17.6 Å². The fourth-order valence-electron chi connectivity index (χ4n) is 3.91. The van der Waals surface area contributed by atoms with E-state index in [1.807, 2.05) is 30.3 Å². The molecule has 0 saturated heterocycles. The van der Waals surface area contributed by atoms with E-state index in [1.165, 1.54) is 7.11 Å². The van der Waals surface area contributed by atoms with Crippen molar-refractivity contribution in [3.63, 3.8) is 0 Å². The number of methoxy groups -OCH3 is 1. The zero-order valence-corrected chi connectivity index (χ0v) is 14.8. The van der Waals surface area contributed by atoms with Crippen LogP contribution in [0, 0.1) is 11.8 Å². The van der Waals surface area contributed by atoms with Crippen molar-refractivity contribution in [3.8, 4) is 11.1 Å². The number of rotatable bonds is 5. The Hall–Kier alpha value is -2.42. The topological polar surface area (TPSA) is 43.4 Å². The summed E-state index contributed by atoms with van der Waals surface area (Å²) in [6.07, 6.45) is 2.52. The molecule has 25 heavy (non-hydrogen) atoms. The normalized spacial score (nSPS) is 22.8. The number of hydrogen-bond donors (Lipinski definition) is 0. The number of Topliss-reactive ketones (excluding diaryl/α,β-unsaturated/α-hetero) is 1. The van der Waals surface area contributed by atoms with E-state index in [2.05, 4.69) is 31.2 Å². The van der Waals surface area contributed by atoms with Gasteiger partial charge in [0.15, 0.2) is 5.78 Å². The maximum absolute atomic E-state index is 12.7. The molecule has 0 heterocycles. The molecular weight excluding hydrogens is 312 g/mol. The minimum atomic E-state index is -0.663. The van der Waals surface area contributed by atoms with Crippen LogP contribution in [0.25, 0.3) is 11.1 Å². The average Bonchev–Trinajstić information content (AvgIpc) is 2.99. The smallest absolute Gasteiger partial charge is 0.316 e. The summed E-state index contributed by atoms with van der Waals surface area (Å²) in [5.41, 5.74) is 3.33. The third kappa shape index (κ3) is 3.51. The van der Waals surface area contributed by atoms with E-state index < -0.39 is 11.9 Å². The molecule has 3 unspecified atom stereocenters. The first-order valence-corrected chi connectivity index (χ1v) is 8.92. The Balaban J connectivity index is 1.88. The van der Waals surface area contributed by atoms with E-state index in [0.29, 0.717) is 0 Å². The molecule has 3 nitrogen and oxygen atoms in total. The van der Waals surface area contributed by atoms with Crippen molar-refractivity contribution in [2.45, 2.75) is 32.1 Å². The second-order valence-electron chi connectivity index (χ2n) is 6.72. The number of carbonyl (C=O) groups excluding carboxylic acids is 2. The Labute approximate surface area is 149 Å². The molecule has 0 bridgehead atoms. The highest BCUT2D eigenvalue weighted by atomic mass is 16.5. The van der Waals surface area contributed by atoms with Gasteiger partial charge in [-0.1, -0.05) is 67.9 Å². The third-order valence-corrected chi connectivity index (χ3v) is 5.19. The summed E-state index contributed by atoms with van der Waals surface area (Å²) < 4.78 is 4.92. The largest absolute Gasteiger partial charge is 0.468 e. The standard InChI is InChI=1S/C22H24O3/c1-3-7-18-14-19(20(21(18)23)22(24)25-2)17-12-10-16(11-13-17)15-8-5-4-6-9-15/h4-6,8-13,18-20H,3,7,14H2,1-2H3. The molecule has 1 aliphatic rings. The number of benzene rings is 2. The molecule has 2 aromatic carbocycles. The Morgan fingerprint density at radius 1 is 1.04 bits per heavy atom. The molecular formula is C22H24O3. The molecule has 1 saturated carbocycles. The minimum absolute atomic E-state index is 0.0344. The lowest BCUT2D eigenvalue weighted by molar-refractivity contribution is -0.149. The maximum Gasteiger partial charge on any atom is 0.316 e. The van der Waals surface area contributed by atoms with Gasteiger partial charge in [-0.05, 0) is 29.5 Å². The predicted molar refractivity (Wildman–Crippen MR) is 98.1 cm³/mol. The fourth-order valence-corrected chi connectivity index (χ4v) is 3.91. The van der Waals surface area contributed by atoms with E-state index in [1.54, 1.807) is 0 Å². The zero-order valence-electron chi connectivity index (χ0n) is 14.8. The van der Waals surface area contributed by atoms with Crippen molar-refractivity contribution in [1.29, 1.82) is 0 Å². The van der Waals surface area contributed by atoms with Crippen LogP contribution in [0.1, 0.15) is 37.7 Å². The van der Waals surface area contributed by atoms with Crippen molar-refractivity contribution in [1.82, 2.24) is 0 Å². The van der Waals surface area contributed by atoms with E-state index in [4.69, 9.17) is 4.74 Å². The van der Waals surface area contributed by atoms with Gasteiger partial charge in [0.05, 0.1) is 7.11 Å². The summed E-state index contributed by atoms with van der Waals surface area (Å²) in [4.78, 5) is 24.9. The van der Waals surface area contributed by atoms with Gasteiger partial charge in [0.2, 0.25) is 0 Å². The van der Waals surface area contributed by atoms with Crippen LogP contribution < -0.4 is 0 Å². The summed E-state index contributed by atoms with van der Waals surface area (Å²) >= 11 is 0. The van der Waals surface area contributed by atoms with Crippen LogP contribution in [0.5, 0.6) is 0 Å². The highest BCUT2D eigenvalue weighted by molar-refractivity contribution is 6.03. The lowest BCUT2D eigenvalue weighted by atomic mass is 9.87. The Bertz CT molecular complexity index is 734. The molecule has 0 amide bonds. The van der Waals surface area contributed by atoms with Crippen molar-refractivity contribution in [3.05, 3.63) is 60.2 Å². The molecule has 3 rings (SSSR count). The molecule has 1 fully saturated rings. The van der Waals surface area contributed by atoms with Gasteiger partial charge in [0.1, 0.15) is 5.92 Å². The number of hydrogen-bond acceptors (Lipinski definition) is 3. The van der Waals surface area contributed by atoms with Gasteiger partial charge in [0.25, 0.3) is 0 Å². The zero-order chi connectivity index (χ0) is 17.8. The lowest BCUT2D eigenvalue weighted by Crippen LogP contribution is -2.26. The summed E-state index contributed by atoms with van der Waals surface area (Å²) in [6.45, 7) is 2.07. The Kier molecular flexibility index (Phi) is 5.32. The summed E-state index contributed by atoms with van der Waals surface area (Å²) in [5, 5.41) is 0. The van der Waals surface area contributed by atoms with E-state index in [0.717, 1.165) is 36.0 Å². The molecule has 0 N–H and O–H groups in total. The minimum Gasteiger partial charge on any atom is -0.468 e.